The second-order valence-electron chi connectivity index (χ2n) is 6.17. The number of thioether (sulfide) groups is 1. The summed E-state index contributed by atoms with van der Waals surface area (Å²) in [6.07, 6.45) is 0.972. The van der Waals surface area contributed by atoms with Crippen LogP contribution in [-0.2, 0) is 11.3 Å². The van der Waals surface area contributed by atoms with Crippen molar-refractivity contribution in [1.29, 1.82) is 0 Å². The summed E-state index contributed by atoms with van der Waals surface area (Å²) in [5, 5.41) is 12.5. The first-order chi connectivity index (χ1) is 12.9. The molecule has 1 heterocycles. The third-order valence-corrected chi connectivity index (χ3v) is 5.05. The first-order valence-corrected chi connectivity index (χ1v) is 10.0. The Bertz CT molecular complexity index is 795. The van der Waals surface area contributed by atoms with Gasteiger partial charge in [-0.1, -0.05) is 44.1 Å². The number of rotatable bonds is 9. The molecule has 0 unspecified atom stereocenters. The number of ether oxygens (including phenoxy) is 2. The van der Waals surface area contributed by atoms with Crippen molar-refractivity contribution in [2.24, 2.45) is 0 Å². The zero-order valence-corrected chi connectivity index (χ0v) is 17.8. The van der Waals surface area contributed by atoms with Crippen molar-refractivity contribution in [1.82, 2.24) is 14.8 Å². The highest BCUT2D eigenvalue weighted by Gasteiger charge is 2.17. The number of halogens is 1. The molecule has 0 aliphatic heterocycles. The van der Waals surface area contributed by atoms with E-state index in [-0.39, 0.29) is 17.6 Å². The van der Waals surface area contributed by atoms with Crippen LogP contribution in [0.4, 0.5) is 5.69 Å². The fourth-order valence-electron chi connectivity index (χ4n) is 2.54. The predicted octanol–water partition coefficient (Wildman–Crippen LogP) is 4.21. The summed E-state index contributed by atoms with van der Waals surface area (Å²) in [5.74, 6) is 2.16. The molecule has 1 N–H and O–H groups in total. The summed E-state index contributed by atoms with van der Waals surface area (Å²) < 4.78 is 12.6. The minimum atomic E-state index is -0.181. The van der Waals surface area contributed by atoms with Crippen LogP contribution >= 0.6 is 23.4 Å². The minimum Gasteiger partial charge on any atom is -0.495 e. The number of carbonyl (C=O) groups excluding carboxylic acids is 1. The molecule has 0 saturated heterocycles. The van der Waals surface area contributed by atoms with Gasteiger partial charge in [-0.25, -0.2) is 0 Å². The quantitative estimate of drug-likeness (QED) is 0.621. The fraction of sp³-hybridized carbons (Fsp3) is 0.500. The van der Waals surface area contributed by atoms with Crippen molar-refractivity contribution in [3.63, 3.8) is 0 Å². The Labute approximate surface area is 168 Å². The SMILES string of the molecule is CCCn1c(SCC(=O)Nc2cc(OC)c(Cl)cc2OC)nnc1C(C)C. The summed E-state index contributed by atoms with van der Waals surface area (Å²) in [6.45, 7) is 7.09. The van der Waals surface area contributed by atoms with E-state index in [0.717, 1.165) is 23.9 Å². The molecule has 9 heteroatoms. The third kappa shape index (κ3) is 5.29. The summed E-state index contributed by atoms with van der Waals surface area (Å²) in [4.78, 5) is 12.4. The van der Waals surface area contributed by atoms with Crippen molar-refractivity contribution >= 4 is 35.0 Å². The summed E-state index contributed by atoms with van der Waals surface area (Å²) >= 11 is 7.45. The smallest absolute Gasteiger partial charge is 0.234 e. The van der Waals surface area contributed by atoms with Gasteiger partial charge >= 0.3 is 0 Å². The van der Waals surface area contributed by atoms with Crippen LogP contribution in [0.25, 0.3) is 0 Å². The number of anilines is 1. The molecule has 27 heavy (non-hydrogen) atoms. The first kappa shape index (κ1) is 21.4. The standard InChI is InChI=1S/C18H25ClN4O3S/c1-6-7-23-17(11(2)3)21-22-18(23)27-10-16(24)20-13-9-14(25-4)12(19)8-15(13)26-5/h8-9,11H,6-7,10H2,1-5H3,(H,20,24). The summed E-state index contributed by atoms with van der Waals surface area (Å²) in [6, 6.07) is 3.25. The molecule has 0 atom stereocenters. The van der Waals surface area contributed by atoms with Crippen LogP contribution in [0.2, 0.25) is 5.02 Å². The molecule has 1 amide bonds. The van der Waals surface area contributed by atoms with E-state index in [0.29, 0.717) is 22.2 Å². The lowest BCUT2D eigenvalue weighted by molar-refractivity contribution is -0.113. The average molecular weight is 413 g/mol. The maximum absolute atomic E-state index is 12.4. The monoisotopic (exact) mass is 412 g/mol. The molecule has 2 aromatic rings. The van der Waals surface area contributed by atoms with Gasteiger partial charge in [0.2, 0.25) is 5.91 Å². The van der Waals surface area contributed by atoms with Crippen molar-refractivity contribution in [3.8, 4) is 11.5 Å². The number of nitrogens with zero attached hydrogens (tertiary/aromatic N) is 3. The van der Waals surface area contributed by atoms with E-state index >= 15 is 0 Å². The maximum atomic E-state index is 12.4. The lowest BCUT2D eigenvalue weighted by atomic mass is 10.2. The van der Waals surface area contributed by atoms with Crippen LogP contribution in [0.5, 0.6) is 11.5 Å². The van der Waals surface area contributed by atoms with Crippen LogP contribution in [0, 0.1) is 0 Å². The number of hydrogen-bond donors (Lipinski definition) is 1. The van der Waals surface area contributed by atoms with E-state index in [4.69, 9.17) is 21.1 Å². The van der Waals surface area contributed by atoms with Crippen LogP contribution in [0.3, 0.4) is 0 Å². The van der Waals surface area contributed by atoms with E-state index in [1.807, 2.05) is 0 Å². The normalized spacial score (nSPS) is 10.9. The van der Waals surface area contributed by atoms with Crippen LogP contribution < -0.4 is 14.8 Å². The molecule has 1 aromatic carbocycles. The second kappa shape index (κ2) is 9.85. The van der Waals surface area contributed by atoms with Crippen LogP contribution in [0.15, 0.2) is 17.3 Å². The highest BCUT2D eigenvalue weighted by molar-refractivity contribution is 7.99. The van der Waals surface area contributed by atoms with Crippen molar-refractivity contribution in [2.75, 3.05) is 25.3 Å². The Morgan fingerprint density at radius 2 is 1.96 bits per heavy atom. The van der Waals surface area contributed by atoms with Gasteiger partial charge in [-0.3, -0.25) is 4.79 Å². The van der Waals surface area contributed by atoms with Gasteiger partial charge in [0, 0.05) is 24.6 Å². The average Bonchev–Trinajstić information content (AvgIpc) is 3.04. The van der Waals surface area contributed by atoms with Gasteiger partial charge in [0.15, 0.2) is 5.16 Å². The van der Waals surface area contributed by atoms with Gasteiger partial charge in [0.25, 0.3) is 0 Å². The topological polar surface area (TPSA) is 78.3 Å². The highest BCUT2D eigenvalue weighted by Crippen LogP contribution is 2.36. The van der Waals surface area contributed by atoms with E-state index in [1.54, 1.807) is 12.1 Å². The number of amides is 1. The lowest BCUT2D eigenvalue weighted by Crippen LogP contribution is -2.15. The van der Waals surface area contributed by atoms with E-state index in [2.05, 4.69) is 40.9 Å². The van der Waals surface area contributed by atoms with Crippen LogP contribution in [-0.4, -0.2) is 40.6 Å². The van der Waals surface area contributed by atoms with E-state index < -0.39 is 0 Å². The number of aromatic nitrogens is 3. The second-order valence-corrected chi connectivity index (χ2v) is 7.52. The highest BCUT2D eigenvalue weighted by atomic mass is 35.5. The molecule has 0 aliphatic carbocycles. The Balaban J connectivity index is 2.09. The number of nitrogens with one attached hydrogen (secondary N) is 1. The fourth-order valence-corrected chi connectivity index (χ4v) is 3.54. The summed E-state index contributed by atoms with van der Waals surface area (Å²) in [7, 11) is 3.03. The number of carbonyl (C=O) groups is 1. The first-order valence-electron chi connectivity index (χ1n) is 8.68. The Morgan fingerprint density at radius 1 is 1.26 bits per heavy atom. The molecule has 0 saturated carbocycles. The predicted molar refractivity (Wildman–Crippen MR) is 108 cm³/mol. The third-order valence-electron chi connectivity index (χ3n) is 3.79. The Hall–Kier alpha value is -1.93. The summed E-state index contributed by atoms with van der Waals surface area (Å²) in [5.41, 5.74) is 0.502. The van der Waals surface area contributed by atoms with Gasteiger partial charge in [-0.05, 0) is 6.42 Å². The lowest BCUT2D eigenvalue weighted by Gasteiger charge is -2.13. The Morgan fingerprint density at radius 3 is 2.56 bits per heavy atom. The molecular formula is C18H25ClN4O3S. The minimum absolute atomic E-state index is 0.181. The molecule has 7 nitrogen and oxygen atoms in total. The van der Waals surface area contributed by atoms with E-state index in [1.165, 1.54) is 26.0 Å². The molecular weight excluding hydrogens is 388 g/mol. The zero-order valence-electron chi connectivity index (χ0n) is 16.2. The van der Waals surface area contributed by atoms with Gasteiger partial charge in [-0.15, -0.1) is 10.2 Å². The van der Waals surface area contributed by atoms with Gasteiger partial charge in [0.05, 0.1) is 30.7 Å². The van der Waals surface area contributed by atoms with Gasteiger partial charge < -0.3 is 19.4 Å². The van der Waals surface area contributed by atoms with Crippen LogP contribution in [0.1, 0.15) is 38.9 Å². The van der Waals surface area contributed by atoms with Gasteiger partial charge in [-0.2, -0.15) is 0 Å². The van der Waals surface area contributed by atoms with Crippen molar-refractivity contribution < 1.29 is 14.3 Å². The van der Waals surface area contributed by atoms with Crippen molar-refractivity contribution in [3.05, 3.63) is 23.0 Å². The Kier molecular flexibility index (Phi) is 7.79. The zero-order chi connectivity index (χ0) is 20.0. The van der Waals surface area contributed by atoms with Crippen molar-refractivity contribution in [2.45, 2.75) is 44.8 Å². The molecule has 0 radical (unpaired) electrons. The molecule has 2 rings (SSSR count). The van der Waals surface area contributed by atoms with Gasteiger partial charge in [0.1, 0.15) is 17.3 Å². The molecule has 0 aliphatic rings. The van der Waals surface area contributed by atoms with E-state index in [9.17, 15) is 4.79 Å². The number of benzene rings is 1. The molecule has 0 spiro atoms. The molecule has 148 valence electrons. The molecule has 1 aromatic heterocycles. The maximum Gasteiger partial charge on any atom is 0.234 e. The number of hydrogen-bond acceptors (Lipinski definition) is 6. The number of methoxy groups -OCH3 is 2. The largest absolute Gasteiger partial charge is 0.495 e. The molecule has 0 fully saturated rings. The molecule has 0 bridgehead atoms.